The molecule has 0 aliphatic carbocycles. The number of carboxylic acids is 1. The lowest BCUT2D eigenvalue weighted by Crippen LogP contribution is -2.55. The number of carbonyl (C=O) groups is 3. The Morgan fingerprint density at radius 1 is 0.566 bits per heavy atom. The minimum Gasteiger partial charge on any atom is -0.544 e. The Hall–Kier alpha value is -2.19. The van der Waals surface area contributed by atoms with Crippen LogP contribution < -0.4 is 5.11 Å². The fourth-order valence-electron chi connectivity index (χ4n) is 6.42. The number of unbranched alkanes of at least 4 members (excludes halogenated alkanes) is 21. The van der Waals surface area contributed by atoms with Gasteiger partial charge in [0, 0.05) is 19.3 Å². The van der Waals surface area contributed by atoms with Gasteiger partial charge >= 0.3 is 11.9 Å². The molecule has 8 heteroatoms. The lowest BCUT2D eigenvalue weighted by atomic mass is 10.0. The highest BCUT2D eigenvalue weighted by Crippen LogP contribution is 2.15. The van der Waals surface area contributed by atoms with Crippen LogP contribution in [-0.4, -0.2) is 75.5 Å². The number of aliphatic carboxylic acids is 1. The third kappa shape index (κ3) is 35.3. The van der Waals surface area contributed by atoms with E-state index in [0.29, 0.717) is 12.8 Å². The van der Waals surface area contributed by atoms with E-state index in [1.807, 2.05) is 6.08 Å². The van der Waals surface area contributed by atoms with Gasteiger partial charge in [-0.25, -0.2) is 0 Å². The molecule has 0 bridgehead atoms. The molecule has 0 fully saturated rings. The van der Waals surface area contributed by atoms with Crippen molar-refractivity contribution in [1.82, 2.24) is 0 Å². The van der Waals surface area contributed by atoms with E-state index in [-0.39, 0.29) is 49.1 Å². The van der Waals surface area contributed by atoms with E-state index in [1.165, 1.54) is 122 Å². The first-order valence-corrected chi connectivity index (χ1v) is 21.9. The molecule has 0 N–H and O–H groups in total. The van der Waals surface area contributed by atoms with Crippen LogP contribution in [0.2, 0.25) is 0 Å². The second-order valence-electron chi connectivity index (χ2n) is 15.9. The van der Waals surface area contributed by atoms with Crippen LogP contribution in [0.3, 0.4) is 0 Å². The zero-order chi connectivity index (χ0) is 39.3. The predicted octanol–water partition coefficient (Wildman–Crippen LogP) is 10.4. The van der Waals surface area contributed by atoms with Gasteiger partial charge < -0.3 is 28.6 Å². The van der Waals surface area contributed by atoms with Crippen molar-refractivity contribution in [1.29, 1.82) is 0 Å². The van der Waals surface area contributed by atoms with Gasteiger partial charge in [-0.15, -0.1) is 0 Å². The minimum atomic E-state index is -1.13. The molecule has 53 heavy (non-hydrogen) atoms. The first kappa shape index (κ1) is 50.8. The molecule has 0 aromatic carbocycles. The largest absolute Gasteiger partial charge is 0.544 e. The molecule has 0 aromatic heterocycles. The fraction of sp³-hybridized carbons (Fsp3) is 0.844. The second kappa shape index (κ2) is 36.8. The van der Waals surface area contributed by atoms with E-state index < -0.39 is 18.1 Å². The molecule has 0 amide bonds. The van der Waals surface area contributed by atoms with Crippen molar-refractivity contribution < 1.29 is 38.2 Å². The number of quaternary nitrogens is 1. The van der Waals surface area contributed by atoms with Crippen LogP contribution in [0, 0.1) is 0 Å². The number of esters is 2. The first-order chi connectivity index (χ1) is 25.6. The normalized spacial score (nSPS) is 13.2. The van der Waals surface area contributed by atoms with Gasteiger partial charge in [0.05, 0.1) is 40.3 Å². The summed E-state index contributed by atoms with van der Waals surface area (Å²) in [6.07, 6.45) is 39.3. The van der Waals surface area contributed by atoms with Crippen LogP contribution >= 0.6 is 0 Å². The van der Waals surface area contributed by atoms with E-state index in [9.17, 15) is 19.5 Å². The number of allylic oxidation sites excluding steroid dienone is 4. The summed E-state index contributed by atoms with van der Waals surface area (Å²) in [6.45, 7) is 4.60. The van der Waals surface area contributed by atoms with Gasteiger partial charge in [-0.3, -0.25) is 9.59 Å². The molecule has 2 unspecified atom stereocenters. The molecule has 0 radical (unpaired) electrons. The summed E-state index contributed by atoms with van der Waals surface area (Å²) >= 11 is 0. The second-order valence-corrected chi connectivity index (χ2v) is 15.9. The van der Waals surface area contributed by atoms with Crippen LogP contribution in [-0.2, 0) is 28.6 Å². The monoisotopic (exact) mass is 750 g/mol. The molecule has 0 saturated heterocycles. The van der Waals surface area contributed by atoms with Gasteiger partial charge in [-0.1, -0.05) is 167 Å². The highest BCUT2D eigenvalue weighted by atomic mass is 16.6. The maximum absolute atomic E-state index is 12.6. The zero-order valence-corrected chi connectivity index (χ0v) is 35.2. The van der Waals surface area contributed by atoms with Gasteiger partial charge in [0.25, 0.3) is 0 Å². The van der Waals surface area contributed by atoms with Crippen molar-refractivity contribution in [3.05, 3.63) is 24.3 Å². The number of carboxylic acid groups (broad SMARTS) is 1. The van der Waals surface area contributed by atoms with Crippen LogP contribution in [0.5, 0.6) is 0 Å². The van der Waals surface area contributed by atoms with E-state index in [2.05, 4.69) is 32.1 Å². The van der Waals surface area contributed by atoms with Crippen molar-refractivity contribution in [3.63, 3.8) is 0 Å². The molecule has 0 aliphatic rings. The summed E-state index contributed by atoms with van der Waals surface area (Å²) in [5, 5.41) is 11.6. The van der Waals surface area contributed by atoms with E-state index in [4.69, 9.17) is 14.2 Å². The van der Waals surface area contributed by atoms with Crippen molar-refractivity contribution in [2.24, 2.45) is 0 Å². The molecule has 0 aromatic rings. The highest BCUT2D eigenvalue weighted by molar-refractivity contribution is 5.70. The maximum atomic E-state index is 12.6. The molecule has 8 nitrogen and oxygen atoms in total. The van der Waals surface area contributed by atoms with Crippen LogP contribution in [0.1, 0.15) is 194 Å². The fourth-order valence-corrected chi connectivity index (χ4v) is 6.42. The summed E-state index contributed by atoms with van der Waals surface area (Å²) in [4.78, 5) is 36.7. The Morgan fingerprint density at radius 3 is 1.53 bits per heavy atom. The van der Waals surface area contributed by atoms with E-state index in [0.717, 1.165) is 32.1 Å². The number of nitrogens with zero attached hydrogens (tertiary/aromatic N) is 1. The SMILES string of the molecule is CCCCCCCC/C=C/C/C=C/CCC(=O)OC(COCCC(C(=O)[O-])[N+](C)(C)C)COC(=O)CCCCCCCCCCCCCCCCCC. The molecular formula is C45H83NO7. The van der Waals surface area contributed by atoms with E-state index in [1.54, 1.807) is 21.1 Å². The topological polar surface area (TPSA) is 102 Å². The molecular weight excluding hydrogens is 666 g/mol. The van der Waals surface area contributed by atoms with Crippen molar-refractivity contribution >= 4 is 17.9 Å². The van der Waals surface area contributed by atoms with Crippen LogP contribution in [0.25, 0.3) is 0 Å². The third-order valence-corrected chi connectivity index (χ3v) is 9.85. The number of rotatable bonds is 39. The number of hydrogen-bond acceptors (Lipinski definition) is 7. The zero-order valence-electron chi connectivity index (χ0n) is 35.2. The molecule has 2 atom stereocenters. The molecule has 0 rings (SSSR count). The Labute approximate surface area is 326 Å². The molecule has 0 heterocycles. The maximum Gasteiger partial charge on any atom is 0.306 e. The minimum absolute atomic E-state index is 0.0220. The van der Waals surface area contributed by atoms with Crippen molar-refractivity contribution in [2.75, 3.05) is 41.0 Å². The Bertz CT molecular complexity index is 926. The quantitative estimate of drug-likeness (QED) is 0.0267. The predicted molar refractivity (Wildman–Crippen MR) is 217 cm³/mol. The standard InChI is InChI=1S/C45H83NO7/c1-6-8-10-12-14-16-18-20-21-22-24-25-27-29-31-33-35-43(47)52-40-41(39-51-38-37-42(45(49)50)46(3,4)5)53-44(48)36-34-32-30-28-26-23-19-17-15-13-11-9-7-2/h23,26,30,32,41-42H,6-22,24-25,27-29,31,33-40H2,1-5H3/b26-23+,32-30+. The summed E-state index contributed by atoms with van der Waals surface area (Å²) in [5.41, 5.74) is 0. The van der Waals surface area contributed by atoms with Crippen LogP contribution in [0.15, 0.2) is 24.3 Å². The number of likely N-dealkylation sites (N-methyl/N-ethyl adjacent to an activating group) is 1. The average molecular weight is 750 g/mol. The molecule has 310 valence electrons. The van der Waals surface area contributed by atoms with Gasteiger partial charge in [0.2, 0.25) is 0 Å². The molecule has 0 spiro atoms. The van der Waals surface area contributed by atoms with Crippen molar-refractivity contribution in [3.8, 4) is 0 Å². The Morgan fingerprint density at radius 2 is 1.04 bits per heavy atom. The summed E-state index contributed by atoms with van der Waals surface area (Å²) < 4.78 is 17.1. The van der Waals surface area contributed by atoms with Gasteiger partial charge in [0.15, 0.2) is 6.10 Å². The Balaban J connectivity index is 4.38. The molecule has 0 aliphatic heterocycles. The van der Waals surface area contributed by atoms with Gasteiger partial charge in [-0.05, 0) is 32.1 Å². The highest BCUT2D eigenvalue weighted by Gasteiger charge is 2.25. The number of hydrogen-bond donors (Lipinski definition) is 0. The average Bonchev–Trinajstić information content (AvgIpc) is 3.11. The van der Waals surface area contributed by atoms with Gasteiger partial charge in [0.1, 0.15) is 12.6 Å². The Kier molecular flexibility index (Phi) is 35.2. The number of ether oxygens (including phenoxy) is 3. The first-order valence-electron chi connectivity index (χ1n) is 21.9. The summed E-state index contributed by atoms with van der Waals surface area (Å²) in [5.74, 6) is -1.81. The van der Waals surface area contributed by atoms with Crippen molar-refractivity contribution in [2.45, 2.75) is 206 Å². The summed E-state index contributed by atoms with van der Waals surface area (Å²) in [7, 11) is 5.39. The molecule has 0 saturated carbocycles. The van der Waals surface area contributed by atoms with Gasteiger partial charge in [-0.2, -0.15) is 0 Å². The summed E-state index contributed by atoms with van der Waals surface area (Å²) in [6, 6.07) is -0.731. The lowest BCUT2D eigenvalue weighted by molar-refractivity contribution is -0.889. The van der Waals surface area contributed by atoms with Crippen LogP contribution in [0.4, 0.5) is 0 Å². The smallest absolute Gasteiger partial charge is 0.306 e. The number of carbonyl (C=O) groups excluding carboxylic acids is 3. The third-order valence-electron chi connectivity index (χ3n) is 9.85. The van der Waals surface area contributed by atoms with E-state index >= 15 is 0 Å². The lowest BCUT2D eigenvalue weighted by Gasteiger charge is -2.34.